The normalized spacial score (nSPS) is 13.9. The molecule has 0 aromatic carbocycles. The Labute approximate surface area is 83.4 Å². The molecule has 0 saturated heterocycles. The highest BCUT2D eigenvalue weighted by Gasteiger charge is 2.12. The Morgan fingerprint density at radius 3 is 2.79 bits per heavy atom. The second-order valence-electron chi connectivity index (χ2n) is 3.05. The first-order valence-corrected chi connectivity index (χ1v) is 4.78. The van der Waals surface area contributed by atoms with Crippen LogP contribution >= 0.6 is 0 Å². The number of esters is 1. The molecule has 0 bridgehead atoms. The Balaban J connectivity index is 2.25. The Kier molecular flexibility index (Phi) is 4.11. The number of carbonyl (C=O) groups is 2. The molecule has 3 heteroatoms. The molecule has 76 valence electrons. The summed E-state index contributed by atoms with van der Waals surface area (Å²) in [5.74, 6) is -0.254. The van der Waals surface area contributed by atoms with Crippen LogP contribution in [-0.4, -0.2) is 18.4 Å². The molecule has 0 aromatic heterocycles. The molecule has 0 heterocycles. The molecule has 0 saturated carbocycles. The quantitative estimate of drug-likeness (QED) is 0.626. The molecule has 0 spiro atoms. The number of Topliss-reactive ketones (excluding diaryl/α,β-unsaturated/α-hetero) is 1. The van der Waals surface area contributed by atoms with Gasteiger partial charge >= 0.3 is 5.97 Å². The summed E-state index contributed by atoms with van der Waals surface area (Å²) in [6.45, 7) is 2.13. The Morgan fingerprint density at radius 2 is 2.21 bits per heavy atom. The number of rotatable bonds is 5. The zero-order valence-corrected chi connectivity index (χ0v) is 8.29. The maximum Gasteiger partial charge on any atom is 0.306 e. The lowest BCUT2D eigenvalue weighted by atomic mass is 10.1. The van der Waals surface area contributed by atoms with E-state index in [1.807, 2.05) is 12.2 Å². The van der Waals surface area contributed by atoms with Gasteiger partial charge in [-0.1, -0.05) is 18.2 Å². The van der Waals surface area contributed by atoms with Crippen molar-refractivity contribution in [2.24, 2.45) is 0 Å². The highest BCUT2D eigenvalue weighted by Crippen LogP contribution is 2.14. The smallest absolute Gasteiger partial charge is 0.306 e. The van der Waals surface area contributed by atoms with E-state index in [4.69, 9.17) is 4.74 Å². The van der Waals surface area contributed by atoms with Crippen LogP contribution in [0.4, 0.5) is 0 Å². The van der Waals surface area contributed by atoms with Crippen molar-refractivity contribution >= 4 is 11.8 Å². The van der Waals surface area contributed by atoms with Crippen LogP contribution in [0.1, 0.15) is 26.2 Å². The van der Waals surface area contributed by atoms with Crippen molar-refractivity contribution in [2.75, 3.05) is 6.61 Å². The summed E-state index contributed by atoms with van der Waals surface area (Å²) < 4.78 is 4.73. The fourth-order valence-corrected chi connectivity index (χ4v) is 1.26. The molecule has 0 unspecified atom stereocenters. The van der Waals surface area contributed by atoms with Gasteiger partial charge in [0.05, 0.1) is 13.0 Å². The second kappa shape index (κ2) is 5.37. The zero-order valence-electron chi connectivity index (χ0n) is 8.29. The summed E-state index contributed by atoms with van der Waals surface area (Å²) in [4.78, 5) is 22.4. The summed E-state index contributed by atoms with van der Waals surface area (Å²) in [6, 6.07) is 0. The third-order valence-electron chi connectivity index (χ3n) is 1.99. The summed E-state index contributed by atoms with van der Waals surface area (Å²) in [5.41, 5.74) is 0.786. The van der Waals surface area contributed by atoms with Crippen LogP contribution in [0.3, 0.4) is 0 Å². The van der Waals surface area contributed by atoms with Crippen molar-refractivity contribution in [3.05, 3.63) is 23.8 Å². The van der Waals surface area contributed by atoms with Gasteiger partial charge in [-0.05, 0) is 18.9 Å². The Morgan fingerprint density at radius 1 is 1.43 bits per heavy atom. The summed E-state index contributed by atoms with van der Waals surface area (Å²) in [5, 5.41) is 0. The molecule has 1 rings (SSSR count). The molecule has 3 nitrogen and oxygen atoms in total. The van der Waals surface area contributed by atoms with E-state index in [-0.39, 0.29) is 24.6 Å². The molecule has 14 heavy (non-hydrogen) atoms. The second-order valence-corrected chi connectivity index (χ2v) is 3.05. The Bertz CT molecular complexity index is 287. The van der Waals surface area contributed by atoms with Gasteiger partial charge in [-0.25, -0.2) is 0 Å². The fraction of sp³-hybridized carbons (Fsp3) is 0.455. The van der Waals surface area contributed by atoms with Gasteiger partial charge in [0, 0.05) is 6.42 Å². The fourth-order valence-electron chi connectivity index (χ4n) is 1.26. The minimum Gasteiger partial charge on any atom is -0.466 e. The predicted molar refractivity (Wildman–Crippen MR) is 52.7 cm³/mol. The van der Waals surface area contributed by atoms with Gasteiger partial charge < -0.3 is 4.74 Å². The first kappa shape index (κ1) is 10.7. The van der Waals surface area contributed by atoms with Gasteiger partial charge in [0.15, 0.2) is 5.78 Å². The SMILES string of the molecule is CCOC(=O)CCC(=O)C1=CC=CC1. The van der Waals surface area contributed by atoms with Crippen LogP contribution in [0.15, 0.2) is 23.8 Å². The van der Waals surface area contributed by atoms with Crippen LogP contribution in [0.25, 0.3) is 0 Å². The molecule has 1 aliphatic carbocycles. The summed E-state index contributed by atoms with van der Waals surface area (Å²) >= 11 is 0. The standard InChI is InChI=1S/C11H14O3/c1-2-14-11(13)8-7-10(12)9-5-3-4-6-9/h3-5H,2,6-8H2,1H3. The number of ether oxygens (including phenoxy) is 1. The van der Waals surface area contributed by atoms with E-state index in [2.05, 4.69) is 0 Å². The maximum absolute atomic E-state index is 11.4. The molecule has 0 radical (unpaired) electrons. The number of hydrogen-bond acceptors (Lipinski definition) is 3. The van der Waals surface area contributed by atoms with Gasteiger partial charge in [-0.15, -0.1) is 0 Å². The van der Waals surface area contributed by atoms with E-state index >= 15 is 0 Å². The molecule has 0 aliphatic heterocycles. The number of ketones is 1. The van der Waals surface area contributed by atoms with Crippen molar-refractivity contribution in [3.8, 4) is 0 Å². The van der Waals surface area contributed by atoms with Crippen LogP contribution in [0.2, 0.25) is 0 Å². The minimum atomic E-state index is -0.299. The van der Waals surface area contributed by atoms with E-state index in [1.165, 1.54) is 0 Å². The predicted octanol–water partition coefficient (Wildman–Crippen LogP) is 1.79. The van der Waals surface area contributed by atoms with Gasteiger partial charge in [-0.3, -0.25) is 9.59 Å². The number of allylic oxidation sites excluding steroid dienone is 4. The lowest BCUT2D eigenvalue weighted by molar-refractivity contribution is -0.144. The molecular formula is C11H14O3. The van der Waals surface area contributed by atoms with E-state index in [0.717, 1.165) is 5.57 Å². The molecule has 0 N–H and O–H groups in total. The van der Waals surface area contributed by atoms with Gasteiger partial charge in [0.2, 0.25) is 0 Å². The molecular weight excluding hydrogens is 180 g/mol. The lowest BCUT2D eigenvalue weighted by Gasteiger charge is -2.01. The van der Waals surface area contributed by atoms with E-state index in [0.29, 0.717) is 13.0 Å². The average Bonchev–Trinajstić information content (AvgIpc) is 2.67. The van der Waals surface area contributed by atoms with Gasteiger partial charge in [0.1, 0.15) is 0 Å². The van der Waals surface area contributed by atoms with E-state index < -0.39 is 0 Å². The topological polar surface area (TPSA) is 43.4 Å². The van der Waals surface area contributed by atoms with Crippen LogP contribution in [0.5, 0.6) is 0 Å². The van der Waals surface area contributed by atoms with Crippen molar-refractivity contribution < 1.29 is 14.3 Å². The molecule has 0 atom stereocenters. The third kappa shape index (κ3) is 3.17. The summed E-state index contributed by atoms with van der Waals surface area (Å²) in [6.07, 6.45) is 6.72. The number of hydrogen-bond donors (Lipinski definition) is 0. The molecule has 0 aromatic rings. The van der Waals surface area contributed by atoms with E-state index in [9.17, 15) is 9.59 Å². The Hall–Kier alpha value is -1.38. The first-order valence-electron chi connectivity index (χ1n) is 4.78. The van der Waals surface area contributed by atoms with Gasteiger partial charge in [0.25, 0.3) is 0 Å². The lowest BCUT2D eigenvalue weighted by Crippen LogP contribution is -2.08. The molecule has 0 fully saturated rings. The largest absolute Gasteiger partial charge is 0.466 e. The van der Waals surface area contributed by atoms with E-state index in [1.54, 1.807) is 13.0 Å². The monoisotopic (exact) mass is 194 g/mol. The minimum absolute atomic E-state index is 0.0445. The highest BCUT2D eigenvalue weighted by molar-refractivity contribution is 5.97. The average molecular weight is 194 g/mol. The molecule has 0 amide bonds. The highest BCUT2D eigenvalue weighted by atomic mass is 16.5. The summed E-state index contributed by atoms with van der Waals surface area (Å²) in [7, 11) is 0. The van der Waals surface area contributed by atoms with Crippen molar-refractivity contribution in [3.63, 3.8) is 0 Å². The van der Waals surface area contributed by atoms with Crippen molar-refractivity contribution in [1.82, 2.24) is 0 Å². The third-order valence-corrected chi connectivity index (χ3v) is 1.99. The first-order chi connectivity index (χ1) is 6.74. The number of carbonyl (C=O) groups excluding carboxylic acids is 2. The van der Waals surface area contributed by atoms with Gasteiger partial charge in [-0.2, -0.15) is 0 Å². The van der Waals surface area contributed by atoms with Crippen molar-refractivity contribution in [1.29, 1.82) is 0 Å². The molecule has 1 aliphatic rings. The van der Waals surface area contributed by atoms with Crippen LogP contribution < -0.4 is 0 Å². The van der Waals surface area contributed by atoms with Crippen LogP contribution in [-0.2, 0) is 14.3 Å². The zero-order chi connectivity index (χ0) is 10.4. The van der Waals surface area contributed by atoms with Crippen LogP contribution in [0, 0.1) is 0 Å². The maximum atomic E-state index is 11.4. The van der Waals surface area contributed by atoms with Crippen molar-refractivity contribution in [2.45, 2.75) is 26.2 Å².